The third-order valence-electron chi connectivity index (χ3n) is 3.63. The highest BCUT2D eigenvalue weighted by molar-refractivity contribution is 6.76. The summed E-state index contributed by atoms with van der Waals surface area (Å²) in [6, 6.07) is 0. The standard InChI is InChI=1S/C18H32N2O3Si/c1-7-10-11-16-19-14-15(12-13-17(21)22-8-2)20(16)18(23-9-3)24(4,5)6/h12-14,18H,7-11H2,1-6H3. The predicted molar refractivity (Wildman–Crippen MR) is 101 cm³/mol. The van der Waals surface area contributed by atoms with E-state index in [9.17, 15) is 4.79 Å². The molecule has 1 rings (SSSR count). The van der Waals surface area contributed by atoms with Gasteiger partial charge in [0, 0.05) is 19.1 Å². The Morgan fingerprint density at radius 2 is 2.00 bits per heavy atom. The smallest absolute Gasteiger partial charge is 0.330 e. The summed E-state index contributed by atoms with van der Waals surface area (Å²) in [7, 11) is -1.63. The molecule has 0 N–H and O–H groups in total. The molecule has 1 unspecified atom stereocenters. The second-order valence-electron chi connectivity index (χ2n) is 6.83. The molecule has 0 aliphatic heterocycles. The average molecular weight is 353 g/mol. The van der Waals surface area contributed by atoms with E-state index in [0.29, 0.717) is 13.2 Å². The Morgan fingerprint density at radius 1 is 1.29 bits per heavy atom. The molecular formula is C18H32N2O3Si. The summed E-state index contributed by atoms with van der Waals surface area (Å²) in [5.41, 5.74) is 0.898. The Bertz CT molecular complexity index is 547. The van der Waals surface area contributed by atoms with Crippen molar-refractivity contribution < 1.29 is 14.3 Å². The predicted octanol–water partition coefficient (Wildman–Crippen LogP) is 4.21. The zero-order valence-electron chi connectivity index (χ0n) is 16.0. The van der Waals surface area contributed by atoms with Gasteiger partial charge in [-0.2, -0.15) is 0 Å². The first-order valence-electron chi connectivity index (χ1n) is 8.87. The van der Waals surface area contributed by atoms with Crippen molar-refractivity contribution in [3.05, 3.63) is 23.8 Å². The van der Waals surface area contributed by atoms with Crippen molar-refractivity contribution in [2.45, 2.75) is 65.5 Å². The largest absolute Gasteiger partial charge is 0.463 e. The molecule has 5 nitrogen and oxygen atoms in total. The molecule has 1 aromatic rings. The maximum atomic E-state index is 11.6. The summed E-state index contributed by atoms with van der Waals surface area (Å²) in [6.07, 6.45) is 8.20. The molecular weight excluding hydrogens is 320 g/mol. The van der Waals surface area contributed by atoms with E-state index in [0.717, 1.165) is 30.8 Å². The van der Waals surface area contributed by atoms with E-state index >= 15 is 0 Å². The third kappa shape index (κ3) is 5.91. The van der Waals surface area contributed by atoms with Crippen LogP contribution >= 0.6 is 0 Å². The van der Waals surface area contributed by atoms with E-state index in [-0.39, 0.29) is 11.8 Å². The Hall–Kier alpha value is -1.40. The van der Waals surface area contributed by atoms with Gasteiger partial charge in [-0.25, -0.2) is 9.78 Å². The third-order valence-corrected chi connectivity index (χ3v) is 5.54. The van der Waals surface area contributed by atoms with Crippen molar-refractivity contribution >= 4 is 20.1 Å². The number of unbranched alkanes of at least 4 members (excludes halogenated alkanes) is 1. The molecule has 0 aromatic carbocycles. The second kappa shape index (κ2) is 9.79. The maximum absolute atomic E-state index is 11.6. The van der Waals surface area contributed by atoms with Gasteiger partial charge in [0.1, 0.15) is 19.7 Å². The molecule has 6 heteroatoms. The molecule has 0 saturated heterocycles. The zero-order chi connectivity index (χ0) is 18.2. The van der Waals surface area contributed by atoms with Gasteiger partial charge < -0.3 is 14.0 Å². The summed E-state index contributed by atoms with van der Waals surface area (Å²) in [4.78, 5) is 16.2. The lowest BCUT2D eigenvalue weighted by Gasteiger charge is -2.32. The molecule has 24 heavy (non-hydrogen) atoms. The average Bonchev–Trinajstić information content (AvgIpc) is 2.90. The fraction of sp³-hybridized carbons (Fsp3) is 0.667. The lowest BCUT2D eigenvalue weighted by molar-refractivity contribution is -0.137. The number of ether oxygens (including phenoxy) is 2. The number of imidazole rings is 1. The first-order chi connectivity index (χ1) is 11.3. The Labute approximate surface area is 147 Å². The molecule has 136 valence electrons. The number of esters is 1. The van der Waals surface area contributed by atoms with Crippen LogP contribution in [0.3, 0.4) is 0 Å². The maximum Gasteiger partial charge on any atom is 0.330 e. The molecule has 0 fully saturated rings. The van der Waals surface area contributed by atoms with Crippen LogP contribution in [0.25, 0.3) is 6.08 Å². The number of rotatable bonds is 10. The van der Waals surface area contributed by atoms with E-state index in [2.05, 4.69) is 36.1 Å². The number of aryl methyl sites for hydroxylation is 1. The molecule has 0 spiro atoms. The molecule has 0 bridgehead atoms. The molecule has 1 atom stereocenters. The van der Waals surface area contributed by atoms with Crippen LogP contribution in [0, 0.1) is 0 Å². The van der Waals surface area contributed by atoms with Gasteiger partial charge in [-0.15, -0.1) is 0 Å². The Balaban J connectivity index is 3.24. The van der Waals surface area contributed by atoms with Crippen molar-refractivity contribution in [2.24, 2.45) is 0 Å². The van der Waals surface area contributed by atoms with Gasteiger partial charge >= 0.3 is 5.97 Å². The first-order valence-corrected chi connectivity index (χ1v) is 12.4. The fourth-order valence-corrected chi connectivity index (χ4v) is 4.28. The van der Waals surface area contributed by atoms with Crippen LogP contribution in [-0.2, 0) is 20.7 Å². The highest BCUT2D eigenvalue weighted by Crippen LogP contribution is 2.27. The minimum absolute atomic E-state index is 0.00120. The van der Waals surface area contributed by atoms with Crippen LogP contribution in [0.15, 0.2) is 12.3 Å². The highest BCUT2D eigenvalue weighted by Gasteiger charge is 2.31. The van der Waals surface area contributed by atoms with E-state index in [1.807, 2.05) is 13.1 Å². The summed E-state index contributed by atoms with van der Waals surface area (Å²) in [6.45, 7) is 13.9. The minimum atomic E-state index is -1.63. The van der Waals surface area contributed by atoms with Gasteiger partial charge in [-0.1, -0.05) is 33.0 Å². The van der Waals surface area contributed by atoms with Gasteiger partial charge in [0.25, 0.3) is 0 Å². The zero-order valence-corrected chi connectivity index (χ0v) is 17.0. The number of carbonyl (C=O) groups is 1. The van der Waals surface area contributed by atoms with Gasteiger partial charge in [0.15, 0.2) is 0 Å². The summed E-state index contributed by atoms with van der Waals surface area (Å²) < 4.78 is 13.3. The van der Waals surface area contributed by atoms with Crippen molar-refractivity contribution in [1.29, 1.82) is 0 Å². The molecule has 0 aliphatic rings. The number of aromatic nitrogens is 2. The van der Waals surface area contributed by atoms with Crippen LogP contribution in [0.4, 0.5) is 0 Å². The van der Waals surface area contributed by atoms with Crippen molar-refractivity contribution in [1.82, 2.24) is 9.55 Å². The number of nitrogens with zero attached hydrogens (tertiary/aromatic N) is 2. The first kappa shape index (κ1) is 20.6. The van der Waals surface area contributed by atoms with E-state index in [1.54, 1.807) is 13.0 Å². The van der Waals surface area contributed by atoms with Crippen LogP contribution in [-0.4, -0.2) is 36.8 Å². The summed E-state index contributed by atoms with van der Waals surface area (Å²) in [5, 5.41) is 0. The van der Waals surface area contributed by atoms with Gasteiger partial charge in [0.2, 0.25) is 0 Å². The van der Waals surface area contributed by atoms with Crippen LogP contribution in [0.5, 0.6) is 0 Å². The molecule has 1 heterocycles. The topological polar surface area (TPSA) is 53.3 Å². The van der Waals surface area contributed by atoms with Crippen molar-refractivity contribution in [2.75, 3.05) is 13.2 Å². The van der Waals surface area contributed by atoms with Gasteiger partial charge in [0.05, 0.1) is 18.5 Å². The monoisotopic (exact) mass is 352 g/mol. The van der Waals surface area contributed by atoms with Gasteiger partial charge in [-0.05, 0) is 26.3 Å². The highest BCUT2D eigenvalue weighted by atomic mass is 28.3. The molecule has 0 radical (unpaired) electrons. The fourth-order valence-electron chi connectivity index (χ4n) is 2.54. The number of hydrogen-bond donors (Lipinski definition) is 0. The lowest BCUT2D eigenvalue weighted by Crippen LogP contribution is -2.38. The molecule has 1 aromatic heterocycles. The Morgan fingerprint density at radius 3 is 2.54 bits per heavy atom. The number of hydrogen-bond acceptors (Lipinski definition) is 4. The van der Waals surface area contributed by atoms with Gasteiger partial charge in [-0.3, -0.25) is 0 Å². The lowest BCUT2D eigenvalue weighted by atomic mass is 10.2. The number of carbonyl (C=O) groups excluding carboxylic acids is 1. The van der Waals surface area contributed by atoms with Crippen LogP contribution in [0.1, 0.15) is 51.0 Å². The van der Waals surface area contributed by atoms with Crippen molar-refractivity contribution in [3.8, 4) is 0 Å². The molecule has 0 saturated carbocycles. The summed E-state index contributed by atoms with van der Waals surface area (Å²) in [5.74, 6) is 0.696. The Kier molecular flexibility index (Phi) is 8.42. The van der Waals surface area contributed by atoms with E-state index in [4.69, 9.17) is 9.47 Å². The van der Waals surface area contributed by atoms with E-state index in [1.165, 1.54) is 6.08 Å². The summed E-state index contributed by atoms with van der Waals surface area (Å²) >= 11 is 0. The SMILES string of the molecule is CCCCc1ncc(C=CC(=O)OCC)n1C(OCC)[Si](C)(C)C. The normalized spacial score (nSPS) is 13.4. The van der Waals surface area contributed by atoms with Crippen LogP contribution in [0.2, 0.25) is 19.6 Å². The molecule has 0 amide bonds. The van der Waals surface area contributed by atoms with Crippen LogP contribution < -0.4 is 0 Å². The van der Waals surface area contributed by atoms with E-state index < -0.39 is 8.07 Å². The minimum Gasteiger partial charge on any atom is -0.463 e. The van der Waals surface area contributed by atoms with Crippen molar-refractivity contribution in [3.63, 3.8) is 0 Å². The second-order valence-corrected chi connectivity index (χ2v) is 12.1. The quantitative estimate of drug-likeness (QED) is 0.359. The molecule has 0 aliphatic carbocycles.